The maximum absolute atomic E-state index is 12.1. The Morgan fingerprint density at radius 2 is 1.96 bits per heavy atom. The van der Waals surface area contributed by atoms with E-state index in [1.54, 1.807) is 13.0 Å². The second-order valence-electron chi connectivity index (χ2n) is 5.99. The minimum Gasteiger partial charge on any atom is -0.480 e. The molecule has 2 N–H and O–H groups in total. The van der Waals surface area contributed by atoms with Gasteiger partial charge in [0.2, 0.25) is 0 Å². The molecule has 1 aromatic carbocycles. The number of carbonyl (C=O) groups excluding carboxylic acids is 2. The van der Waals surface area contributed by atoms with Crippen LogP contribution in [0.5, 0.6) is 5.75 Å². The lowest BCUT2D eigenvalue weighted by Gasteiger charge is -2.23. The Labute approximate surface area is 145 Å². The normalized spacial score (nSPS) is 16.5. The van der Waals surface area contributed by atoms with Crippen molar-refractivity contribution in [2.24, 2.45) is 0 Å². The molecule has 0 unspecified atom stereocenters. The number of urea groups is 1. The quantitative estimate of drug-likeness (QED) is 0.834. The van der Waals surface area contributed by atoms with Gasteiger partial charge in [-0.2, -0.15) is 0 Å². The lowest BCUT2D eigenvalue weighted by Crippen LogP contribution is -2.48. The number of ether oxygens (including phenoxy) is 1. The first-order valence-corrected chi connectivity index (χ1v) is 8.79. The molecule has 0 radical (unpaired) electrons. The van der Waals surface area contributed by atoms with Gasteiger partial charge in [0.05, 0.1) is 4.47 Å². The Morgan fingerprint density at radius 1 is 1.26 bits per heavy atom. The van der Waals surface area contributed by atoms with E-state index in [2.05, 4.69) is 26.6 Å². The first kappa shape index (κ1) is 17.8. The third-order valence-electron chi connectivity index (χ3n) is 3.94. The molecule has 1 saturated carbocycles. The van der Waals surface area contributed by atoms with E-state index in [-0.39, 0.29) is 6.04 Å². The van der Waals surface area contributed by atoms with E-state index in [4.69, 9.17) is 4.74 Å². The zero-order valence-electron chi connectivity index (χ0n) is 13.5. The molecule has 6 heteroatoms. The lowest BCUT2D eigenvalue weighted by molar-refractivity contribution is -0.126. The standard InChI is InChI=1S/C17H23BrN2O3/c1-11-8-9-15(14(18)10-11)23-12(2)16(21)20-17(22)19-13-6-4-3-5-7-13/h8-10,12-13H,3-7H2,1-2H3,(H2,19,20,21,22)/t12-/m1/s1. The molecule has 0 spiro atoms. The number of carbonyl (C=O) groups is 2. The minimum atomic E-state index is -0.758. The van der Waals surface area contributed by atoms with Gasteiger partial charge in [-0.25, -0.2) is 4.79 Å². The van der Waals surface area contributed by atoms with Gasteiger partial charge in [0.15, 0.2) is 6.10 Å². The van der Waals surface area contributed by atoms with Gasteiger partial charge in [0.1, 0.15) is 5.75 Å². The molecule has 1 fully saturated rings. The van der Waals surface area contributed by atoms with E-state index in [1.165, 1.54) is 6.42 Å². The Balaban J connectivity index is 1.83. The highest BCUT2D eigenvalue weighted by Gasteiger charge is 2.21. The molecule has 23 heavy (non-hydrogen) atoms. The number of aryl methyl sites for hydroxylation is 1. The van der Waals surface area contributed by atoms with E-state index in [0.717, 1.165) is 35.7 Å². The van der Waals surface area contributed by atoms with Crippen molar-refractivity contribution in [1.82, 2.24) is 10.6 Å². The van der Waals surface area contributed by atoms with Crippen molar-refractivity contribution in [3.8, 4) is 5.75 Å². The minimum absolute atomic E-state index is 0.166. The molecule has 1 atom stereocenters. The van der Waals surface area contributed by atoms with Crippen LogP contribution in [0.25, 0.3) is 0 Å². The summed E-state index contributed by atoms with van der Waals surface area (Å²) in [5, 5.41) is 5.20. The highest BCUT2D eigenvalue weighted by Crippen LogP contribution is 2.26. The molecular formula is C17H23BrN2O3. The molecule has 1 aliphatic carbocycles. The fourth-order valence-corrected chi connectivity index (χ4v) is 3.21. The molecule has 0 heterocycles. The van der Waals surface area contributed by atoms with E-state index in [1.807, 2.05) is 19.1 Å². The lowest BCUT2D eigenvalue weighted by atomic mass is 9.96. The van der Waals surface area contributed by atoms with E-state index in [0.29, 0.717) is 5.75 Å². The monoisotopic (exact) mass is 382 g/mol. The molecule has 0 saturated heterocycles. The van der Waals surface area contributed by atoms with Crippen molar-refractivity contribution >= 4 is 27.9 Å². The summed E-state index contributed by atoms with van der Waals surface area (Å²) in [6, 6.07) is 5.33. The molecule has 1 aromatic rings. The average molecular weight is 383 g/mol. The molecule has 3 amide bonds. The van der Waals surface area contributed by atoms with Gasteiger partial charge >= 0.3 is 6.03 Å². The summed E-state index contributed by atoms with van der Waals surface area (Å²) in [4.78, 5) is 23.9. The number of halogens is 1. The van der Waals surface area contributed by atoms with E-state index < -0.39 is 18.0 Å². The van der Waals surface area contributed by atoms with Crippen LogP contribution in [-0.2, 0) is 4.79 Å². The van der Waals surface area contributed by atoms with Gasteiger partial charge in [-0.15, -0.1) is 0 Å². The number of rotatable bonds is 4. The number of imide groups is 1. The second-order valence-corrected chi connectivity index (χ2v) is 6.85. The van der Waals surface area contributed by atoms with Crippen LogP contribution in [0.4, 0.5) is 4.79 Å². The van der Waals surface area contributed by atoms with Crippen molar-refractivity contribution < 1.29 is 14.3 Å². The largest absolute Gasteiger partial charge is 0.480 e. The molecule has 2 rings (SSSR count). The fraction of sp³-hybridized carbons (Fsp3) is 0.529. The SMILES string of the molecule is Cc1ccc(O[C@H](C)C(=O)NC(=O)NC2CCCCC2)c(Br)c1. The van der Waals surface area contributed by atoms with Gasteiger partial charge in [-0.3, -0.25) is 10.1 Å². The average Bonchev–Trinajstić information content (AvgIpc) is 2.50. The number of benzene rings is 1. The molecular weight excluding hydrogens is 360 g/mol. The molecule has 5 nitrogen and oxygen atoms in total. The summed E-state index contributed by atoms with van der Waals surface area (Å²) in [6.45, 7) is 3.59. The zero-order valence-corrected chi connectivity index (χ0v) is 15.1. The number of amides is 3. The zero-order chi connectivity index (χ0) is 16.8. The Hall–Kier alpha value is -1.56. The number of hydrogen-bond donors (Lipinski definition) is 2. The maximum atomic E-state index is 12.1. The van der Waals surface area contributed by atoms with Gasteiger partial charge in [0.25, 0.3) is 5.91 Å². The Morgan fingerprint density at radius 3 is 2.61 bits per heavy atom. The van der Waals surface area contributed by atoms with Crippen LogP contribution in [0.15, 0.2) is 22.7 Å². The van der Waals surface area contributed by atoms with Crippen molar-refractivity contribution in [3.05, 3.63) is 28.2 Å². The predicted molar refractivity (Wildman–Crippen MR) is 92.5 cm³/mol. The fourth-order valence-electron chi connectivity index (χ4n) is 2.63. The number of hydrogen-bond acceptors (Lipinski definition) is 3. The Bertz CT molecular complexity index is 571. The molecule has 0 bridgehead atoms. The van der Waals surface area contributed by atoms with E-state index in [9.17, 15) is 9.59 Å². The summed E-state index contributed by atoms with van der Waals surface area (Å²) >= 11 is 3.41. The molecule has 0 aliphatic heterocycles. The van der Waals surface area contributed by atoms with Gasteiger partial charge in [-0.1, -0.05) is 25.3 Å². The highest BCUT2D eigenvalue weighted by atomic mass is 79.9. The Kier molecular flexibility index (Phi) is 6.45. The van der Waals surface area contributed by atoms with Crippen LogP contribution in [0, 0.1) is 6.92 Å². The van der Waals surface area contributed by atoms with Crippen molar-refractivity contribution in [1.29, 1.82) is 0 Å². The summed E-state index contributed by atoms with van der Waals surface area (Å²) in [5.74, 6) is 0.122. The highest BCUT2D eigenvalue weighted by molar-refractivity contribution is 9.10. The van der Waals surface area contributed by atoms with Crippen molar-refractivity contribution in [2.45, 2.75) is 58.1 Å². The summed E-state index contributed by atoms with van der Waals surface area (Å²) in [5.41, 5.74) is 1.09. The van der Waals surface area contributed by atoms with Crippen LogP contribution >= 0.6 is 15.9 Å². The van der Waals surface area contributed by atoms with Crippen LogP contribution in [0.2, 0.25) is 0 Å². The second kappa shape index (κ2) is 8.34. The summed E-state index contributed by atoms with van der Waals surface area (Å²) < 4.78 is 6.40. The molecule has 1 aliphatic rings. The van der Waals surface area contributed by atoms with Gasteiger partial charge in [-0.05, 0) is 60.3 Å². The first-order valence-electron chi connectivity index (χ1n) is 8.00. The first-order chi connectivity index (χ1) is 11.0. The molecule has 0 aromatic heterocycles. The third kappa shape index (κ3) is 5.53. The van der Waals surface area contributed by atoms with Crippen molar-refractivity contribution in [2.75, 3.05) is 0 Å². The third-order valence-corrected chi connectivity index (χ3v) is 4.56. The van der Waals surface area contributed by atoms with E-state index >= 15 is 0 Å². The van der Waals surface area contributed by atoms with Crippen LogP contribution < -0.4 is 15.4 Å². The summed E-state index contributed by atoms with van der Waals surface area (Å²) in [6.07, 6.45) is 4.66. The predicted octanol–water partition coefficient (Wildman–Crippen LogP) is 3.68. The van der Waals surface area contributed by atoms with Crippen LogP contribution in [0.1, 0.15) is 44.6 Å². The van der Waals surface area contributed by atoms with Gasteiger partial charge in [0, 0.05) is 6.04 Å². The smallest absolute Gasteiger partial charge is 0.321 e. The molecule has 126 valence electrons. The van der Waals surface area contributed by atoms with Crippen LogP contribution in [0.3, 0.4) is 0 Å². The topological polar surface area (TPSA) is 67.4 Å². The van der Waals surface area contributed by atoms with Gasteiger partial charge < -0.3 is 10.1 Å². The van der Waals surface area contributed by atoms with Crippen molar-refractivity contribution in [3.63, 3.8) is 0 Å². The van der Waals surface area contributed by atoms with Crippen LogP contribution in [-0.4, -0.2) is 24.1 Å². The number of nitrogens with one attached hydrogen (secondary N) is 2. The summed E-state index contributed by atoms with van der Waals surface area (Å²) in [7, 11) is 0. The maximum Gasteiger partial charge on any atom is 0.321 e.